The van der Waals surface area contributed by atoms with Crippen LogP contribution in [-0.4, -0.2) is 16.3 Å². The minimum Gasteiger partial charge on any atom is -0.342 e. The average molecular weight is 172 g/mol. The maximum atomic E-state index is 10.4. The summed E-state index contributed by atoms with van der Waals surface area (Å²) in [5.74, 6) is 0.360. The minimum atomic E-state index is 0.360. The first-order valence-electron chi connectivity index (χ1n) is 3.96. The van der Waals surface area contributed by atoms with Crippen molar-refractivity contribution in [2.24, 2.45) is 0 Å². The summed E-state index contributed by atoms with van der Waals surface area (Å²) < 4.78 is 0. The first-order valence-corrected chi connectivity index (χ1v) is 3.96. The summed E-state index contributed by atoms with van der Waals surface area (Å²) in [5.41, 5.74) is 1.80. The third-order valence-electron chi connectivity index (χ3n) is 1.78. The maximum Gasteiger partial charge on any atom is 0.185 e. The third-order valence-corrected chi connectivity index (χ3v) is 1.78. The van der Waals surface area contributed by atoms with E-state index in [1.807, 2.05) is 30.3 Å². The summed E-state index contributed by atoms with van der Waals surface area (Å²) in [6.45, 7) is 0. The Bertz CT molecular complexity index is 406. The molecular weight excluding hydrogens is 164 g/mol. The molecule has 0 spiro atoms. The normalized spacial score (nSPS) is 9.85. The third kappa shape index (κ3) is 1.49. The predicted octanol–water partition coefficient (Wildman–Crippen LogP) is 1.89. The molecule has 0 fully saturated rings. The van der Waals surface area contributed by atoms with Gasteiger partial charge in [0.1, 0.15) is 0 Å². The van der Waals surface area contributed by atoms with E-state index in [9.17, 15) is 4.79 Å². The Hall–Kier alpha value is -1.90. The van der Waals surface area contributed by atoms with Gasteiger partial charge in [0, 0.05) is 11.8 Å². The van der Waals surface area contributed by atoms with Gasteiger partial charge in [0.25, 0.3) is 0 Å². The lowest BCUT2D eigenvalue weighted by molar-refractivity contribution is 0.111. The van der Waals surface area contributed by atoms with Gasteiger partial charge in [-0.05, 0) is 0 Å². The molecule has 2 rings (SSSR count). The minimum absolute atomic E-state index is 0.360. The second-order valence-corrected chi connectivity index (χ2v) is 2.65. The fourth-order valence-electron chi connectivity index (χ4n) is 1.15. The smallest absolute Gasteiger partial charge is 0.185 e. The molecule has 13 heavy (non-hydrogen) atoms. The molecule has 0 radical (unpaired) electrons. The predicted molar refractivity (Wildman–Crippen MR) is 49.4 cm³/mol. The molecule has 0 unspecified atom stereocenters. The largest absolute Gasteiger partial charge is 0.342 e. The Labute approximate surface area is 75.4 Å². The quantitative estimate of drug-likeness (QED) is 0.703. The van der Waals surface area contributed by atoms with Crippen LogP contribution in [0.5, 0.6) is 0 Å². The molecule has 0 bridgehead atoms. The molecule has 0 aliphatic heterocycles. The summed E-state index contributed by atoms with van der Waals surface area (Å²) in [5, 5.41) is 0. The van der Waals surface area contributed by atoms with E-state index in [4.69, 9.17) is 0 Å². The van der Waals surface area contributed by atoms with Crippen molar-refractivity contribution in [1.82, 2.24) is 9.97 Å². The number of rotatable bonds is 2. The van der Waals surface area contributed by atoms with Crippen LogP contribution < -0.4 is 0 Å². The molecule has 3 nitrogen and oxygen atoms in total. The van der Waals surface area contributed by atoms with Crippen molar-refractivity contribution >= 4 is 6.29 Å². The Morgan fingerprint density at radius 1 is 1.23 bits per heavy atom. The Kier molecular flexibility index (Phi) is 1.92. The average Bonchev–Trinajstić information content (AvgIpc) is 2.67. The molecular formula is C10H8N2O. The number of carbonyl (C=O) groups is 1. The highest BCUT2D eigenvalue weighted by Crippen LogP contribution is 2.15. The van der Waals surface area contributed by atoms with Gasteiger partial charge in [-0.25, -0.2) is 4.98 Å². The monoisotopic (exact) mass is 172 g/mol. The topological polar surface area (TPSA) is 45.8 Å². The van der Waals surface area contributed by atoms with Crippen LogP contribution in [0.1, 0.15) is 10.6 Å². The number of carbonyl (C=O) groups excluding carboxylic acids is 1. The van der Waals surface area contributed by atoms with Crippen LogP contribution in [0.25, 0.3) is 11.3 Å². The number of aromatic amines is 1. The number of hydrogen-bond acceptors (Lipinski definition) is 2. The zero-order valence-corrected chi connectivity index (χ0v) is 6.90. The van der Waals surface area contributed by atoms with Crippen LogP contribution >= 0.6 is 0 Å². The van der Waals surface area contributed by atoms with Gasteiger partial charge in [-0.1, -0.05) is 30.3 Å². The van der Waals surface area contributed by atoms with Gasteiger partial charge >= 0.3 is 0 Å². The van der Waals surface area contributed by atoms with E-state index in [1.165, 1.54) is 0 Å². The molecule has 3 heteroatoms. The molecule has 1 heterocycles. The van der Waals surface area contributed by atoms with Gasteiger partial charge < -0.3 is 4.98 Å². The lowest BCUT2D eigenvalue weighted by Gasteiger charge is -1.92. The van der Waals surface area contributed by atoms with Gasteiger partial charge in [0.2, 0.25) is 0 Å². The molecule has 0 aliphatic rings. The molecule has 1 aromatic carbocycles. The van der Waals surface area contributed by atoms with E-state index in [1.54, 1.807) is 6.20 Å². The van der Waals surface area contributed by atoms with Gasteiger partial charge in [-0.3, -0.25) is 4.79 Å². The molecule has 0 aliphatic carbocycles. The maximum absolute atomic E-state index is 10.4. The standard InChI is InChI=1S/C10H8N2O/c13-7-10-11-6-9(12-10)8-4-2-1-3-5-8/h1-7H,(H,11,12). The number of nitrogens with zero attached hydrogens (tertiary/aromatic N) is 1. The highest BCUT2D eigenvalue weighted by Gasteiger charge is 2.00. The van der Waals surface area contributed by atoms with Crippen LogP contribution in [0.2, 0.25) is 0 Å². The van der Waals surface area contributed by atoms with Crippen LogP contribution in [0.15, 0.2) is 36.5 Å². The highest BCUT2D eigenvalue weighted by atomic mass is 16.1. The SMILES string of the molecule is O=Cc1nc(-c2ccccc2)c[nH]1. The lowest BCUT2D eigenvalue weighted by atomic mass is 10.2. The van der Waals surface area contributed by atoms with Gasteiger partial charge in [-0.15, -0.1) is 0 Å². The van der Waals surface area contributed by atoms with Gasteiger partial charge in [0.05, 0.1) is 5.69 Å². The van der Waals surface area contributed by atoms with Crippen molar-refractivity contribution in [2.45, 2.75) is 0 Å². The molecule has 2 aromatic rings. The number of aromatic nitrogens is 2. The first-order chi connectivity index (χ1) is 6.40. The van der Waals surface area contributed by atoms with Crippen molar-refractivity contribution in [3.05, 3.63) is 42.4 Å². The van der Waals surface area contributed by atoms with Crippen molar-refractivity contribution in [3.63, 3.8) is 0 Å². The molecule has 0 amide bonds. The van der Waals surface area contributed by atoms with Crippen LogP contribution in [0, 0.1) is 0 Å². The van der Waals surface area contributed by atoms with E-state index in [0.29, 0.717) is 12.1 Å². The van der Waals surface area contributed by atoms with Crippen molar-refractivity contribution in [1.29, 1.82) is 0 Å². The summed E-state index contributed by atoms with van der Waals surface area (Å²) >= 11 is 0. The number of hydrogen-bond donors (Lipinski definition) is 1. The van der Waals surface area contributed by atoms with E-state index < -0.39 is 0 Å². The Morgan fingerprint density at radius 3 is 2.62 bits per heavy atom. The summed E-state index contributed by atoms with van der Waals surface area (Å²) in [7, 11) is 0. The zero-order valence-electron chi connectivity index (χ0n) is 6.90. The number of imidazole rings is 1. The lowest BCUT2D eigenvalue weighted by Crippen LogP contribution is -1.81. The molecule has 0 saturated heterocycles. The van der Waals surface area contributed by atoms with Crippen LogP contribution in [0.3, 0.4) is 0 Å². The molecule has 0 saturated carbocycles. The zero-order chi connectivity index (χ0) is 9.10. The summed E-state index contributed by atoms with van der Waals surface area (Å²) in [6.07, 6.45) is 2.42. The fourth-order valence-corrected chi connectivity index (χ4v) is 1.15. The van der Waals surface area contributed by atoms with Crippen LogP contribution in [0.4, 0.5) is 0 Å². The second-order valence-electron chi connectivity index (χ2n) is 2.65. The van der Waals surface area contributed by atoms with Gasteiger partial charge in [-0.2, -0.15) is 0 Å². The van der Waals surface area contributed by atoms with E-state index in [-0.39, 0.29) is 0 Å². The van der Waals surface area contributed by atoms with Gasteiger partial charge in [0.15, 0.2) is 12.1 Å². The molecule has 0 atom stereocenters. The van der Waals surface area contributed by atoms with Crippen molar-refractivity contribution in [3.8, 4) is 11.3 Å². The first kappa shape index (κ1) is 7.73. The number of benzene rings is 1. The number of nitrogens with one attached hydrogen (secondary N) is 1. The fraction of sp³-hybridized carbons (Fsp3) is 0. The molecule has 1 aromatic heterocycles. The van der Waals surface area contributed by atoms with E-state index in [0.717, 1.165) is 11.3 Å². The van der Waals surface area contributed by atoms with Crippen molar-refractivity contribution < 1.29 is 4.79 Å². The summed E-state index contributed by atoms with van der Waals surface area (Å²) in [6, 6.07) is 9.71. The van der Waals surface area contributed by atoms with E-state index in [2.05, 4.69) is 9.97 Å². The van der Waals surface area contributed by atoms with E-state index >= 15 is 0 Å². The summed E-state index contributed by atoms with van der Waals surface area (Å²) in [4.78, 5) is 17.2. The van der Waals surface area contributed by atoms with Crippen LogP contribution in [-0.2, 0) is 0 Å². The van der Waals surface area contributed by atoms with Crippen molar-refractivity contribution in [2.75, 3.05) is 0 Å². The second kappa shape index (κ2) is 3.23. The molecule has 64 valence electrons. The molecule has 1 N–H and O–H groups in total. The Morgan fingerprint density at radius 2 is 2.00 bits per heavy atom. The highest BCUT2D eigenvalue weighted by molar-refractivity contribution is 5.71. The Balaban J connectivity index is 2.41. The number of H-pyrrole nitrogens is 1. The number of aldehydes is 1.